The molecule has 0 bridgehead atoms. The number of piperidine rings is 1. The summed E-state index contributed by atoms with van der Waals surface area (Å²) in [5.41, 5.74) is 2.43. The van der Waals surface area contributed by atoms with Gasteiger partial charge in [-0.15, -0.1) is 0 Å². The molecule has 3 atom stereocenters. The van der Waals surface area contributed by atoms with Crippen LogP contribution >= 0.6 is 0 Å². The average molecular weight is 501 g/mol. The van der Waals surface area contributed by atoms with Crippen LogP contribution in [0.4, 0.5) is 5.82 Å². The van der Waals surface area contributed by atoms with Gasteiger partial charge in [-0.25, -0.2) is 4.98 Å². The zero-order valence-electron chi connectivity index (χ0n) is 21.3. The van der Waals surface area contributed by atoms with Crippen molar-refractivity contribution in [2.75, 3.05) is 45.4 Å². The van der Waals surface area contributed by atoms with Crippen molar-refractivity contribution in [2.45, 2.75) is 51.0 Å². The molecule has 4 rings (SSSR count). The second-order valence-electron chi connectivity index (χ2n) is 9.21. The predicted molar refractivity (Wildman–Crippen MR) is 135 cm³/mol. The van der Waals surface area contributed by atoms with E-state index in [2.05, 4.69) is 30.2 Å². The van der Waals surface area contributed by atoms with E-state index >= 15 is 0 Å². The van der Waals surface area contributed by atoms with Gasteiger partial charge in [0.25, 0.3) is 0 Å². The van der Waals surface area contributed by atoms with Crippen LogP contribution < -0.4 is 19.7 Å². The van der Waals surface area contributed by atoms with Crippen molar-refractivity contribution in [1.29, 1.82) is 0 Å². The summed E-state index contributed by atoms with van der Waals surface area (Å²) in [4.78, 5) is 18.9. The van der Waals surface area contributed by atoms with Gasteiger partial charge in [-0.1, -0.05) is 0 Å². The molecule has 0 saturated carbocycles. The van der Waals surface area contributed by atoms with Gasteiger partial charge in [0.1, 0.15) is 29.5 Å². The van der Waals surface area contributed by atoms with Crippen molar-refractivity contribution in [1.82, 2.24) is 25.3 Å². The van der Waals surface area contributed by atoms with E-state index in [1.807, 2.05) is 19.2 Å². The number of H-pyrrole nitrogens is 1. The van der Waals surface area contributed by atoms with E-state index in [1.54, 1.807) is 33.4 Å². The molecule has 0 radical (unpaired) electrons. The highest BCUT2D eigenvalue weighted by molar-refractivity contribution is 5.86. The number of fused-ring (bicyclic) bond motifs is 1. The van der Waals surface area contributed by atoms with Crippen LogP contribution in [0.25, 0.3) is 11.0 Å². The Hall–Kier alpha value is -2.99. The number of anilines is 1. The van der Waals surface area contributed by atoms with E-state index in [4.69, 9.17) is 14.2 Å². The Bertz CT molecular complexity index is 1130. The molecule has 0 spiro atoms. The van der Waals surface area contributed by atoms with Crippen molar-refractivity contribution < 1.29 is 24.4 Å². The second-order valence-corrected chi connectivity index (χ2v) is 9.21. The van der Waals surface area contributed by atoms with Gasteiger partial charge in [-0.2, -0.15) is 9.97 Å². The van der Waals surface area contributed by atoms with Crippen LogP contribution in [0.15, 0.2) is 24.5 Å². The third-order valence-electron chi connectivity index (χ3n) is 6.46. The molecule has 3 aromatic rings. The van der Waals surface area contributed by atoms with E-state index in [9.17, 15) is 10.2 Å². The van der Waals surface area contributed by atoms with Crippen molar-refractivity contribution in [3.05, 3.63) is 35.8 Å². The number of aromatic amines is 1. The van der Waals surface area contributed by atoms with Gasteiger partial charge >= 0.3 is 6.01 Å². The minimum atomic E-state index is -1.07. The molecule has 11 nitrogen and oxygen atoms in total. The Kier molecular flexibility index (Phi) is 8.57. The van der Waals surface area contributed by atoms with Gasteiger partial charge in [0.2, 0.25) is 0 Å². The van der Waals surface area contributed by atoms with Gasteiger partial charge in [0.15, 0.2) is 0 Å². The van der Waals surface area contributed by atoms with Crippen LogP contribution in [0.3, 0.4) is 0 Å². The first-order chi connectivity index (χ1) is 17.4. The van der Waals surface area contributed by atoms with Gasteiger partial charge in [-0.3, -0.25) is 5.32 Å². The topological polar surface area (TPSA) is 138 Å². The monoisotopic (exact) mass is 500 g/mol. The highest BCUT2D eigenvalue weighted by Gasteiger charge is 2.27. The summed E-state index contributed by atoms with van der Waals surface area (Å²) < 4.78 is 16.6. The summed E-state index contributed by atoms with van der Waals surface area (Å²) in [7, 11) is 3.29. The van der Waals surface area contributed by atoms with Crippen molar-refractivity contribution in [3.63, 3.8) is 0 Å². The summed E-state index contributed by atoms with van der Waals surface area (Å²) in [6.45, 7) is 5.49. The lowest BCUT2D eigenvalue weighted by Gasteiger charge is -2.33. The first-order valence-electron chi connectivity index (χ1n) is 12.3. The predicted octanol–water partition coefficient (Wildman–Crippen LogP) is 2.12. The van der Waals surface area contributed by atoms with Crippen molar-refractivity contribution >= 4 is 16.9 Å². The smallest absolute Gasteiger partial charge is 0.319 e. The maximum atomic E-state index is 10.7. The molecule has 0 aliphatic carbocycles. The van der Waals surface area contributed by atoms with Gasteiger partial charge in [-0.05, 0) is 44.2 Å². The normalized spacial score (nSPS) is 17.2. The molecule has 11 heteroatoms. The number of nitrogens with one attached hydrogen (secondary N) is 2. The van der Waals surface area contributed by atoms with E-state index in [0.717, 1.165) is 42.7 Å². The maximum absolute atomic E-state index is 10.7. The largest absolute Gasteiger partial charge is 0.496 e. The first-order valence-corrected chi connectivity index (χ1v) is 12.3. The summed E-state index contributed by atoms with van der Waals surface area (Å²) in [6, 6.07) is 3.54. The van der Waals surface area contributed by atoms with Crippen molar-refractivity contribution in [2.24, 2.45) is 0 Å². The zero-order chi connectivity index (χ0) is 25.7. The van der Waals surface area contributed by atoms with Gasteiger partial charge in [0, 0.05) is 44.7 Å². The molecule has 0 amide bonds. The van der Waals surface area contributed by atoms with Crippen LogP contribution in [0.1, 0.15) is 50.1 Å². The van der Waals surface area contributed by atoms with Crippen molar-refractivity contribution in [3.8, 4) is 11.8 Å². The summed E-state index contributed by atoms with van der Waals surface area (Å²) >= 11 is 0. The quantitative estimate of drug-likeness (QED) is 0.290. The number of ether oxygens (including phenoxy) is 3. The fourth-order valence-electron chi connectivity index (χ4n) is 4.60. The molecule has 1 fully saturated rings. The Balaban J connectivity index is 1.54. The maximum Gasteiger partial charge on any atom is 0.319 e. The fourth-order valence-corrected chi connectivity index (χ4v) is 4.60. The van der Waals surface area contributed by atoms with Gasteiger partial charge < -0.3 is 34.3 Å². The van der Waals surface area contributed by atoms with E-state index < -0.39 is 6.23 Å². The number of aromatic nitrogens is 4. The van der Waals surface area contributed by atoms with Crippen LogP contribution in [-0.4, -0.2) is 82.8 Å². The number of hydrogen-bond donors (Lipinski definition) is 4. The molecule has 4 N–H and O–H groups in total. The molecule has 1 aliphatic rings. The van der Waals surface area contributed by atoms with Crippen LogP contribution in [0, 0.1) is 0 Å². The van der Waals surface area contributed by atoms with Crippen LogP contribution in [0.2, 0.25) is 0 Å². The lowest BCUT2D eigenvalue weighted by molar-refractivity contribution is 0.0818. The van der Waals surface area contributed by atoms with Gasteiger partial charge in [0.05, 0.1) is 31.4 Å². The van der Waals surface area contributed by atoms with E-state index in [-0.39, 0.29) is 24.8 Å². The molecule has 1 saturated heterocycles. The second kappa shape index (κ2) is 11.8. The Labute approximate surface area is 210 Å². The molecule has 4 heterocycles. The standard InChI is InChI=1S/C25H36N6O5/c1-15(13-32)28-24(33)19-11-21(30-25(29-19)36-16(2)14-34-3)31-9-6-17(7-10-31)18-12-27-23-22(18)20(35-4)5-8-26-23/h5,8,11-12,15-17,24,28,32-33H,6-7,9-10,13-14H2,1-4H3,(H,26,27)/t15-,16+,24?/m0/s1. The molecule has 1 aliphatic heterocycles. The van der Waals surface area contributed by atoms with E-state index in [0.29, 0.717) is 24.0 Å². The highest BCUT2D eigenvalue weighted by Crippen LogP contribution is 2.37. The summed E-state index contributed by atoms with van der Waals surface area (Å²) in [5.74, 6) is 1.86. The SMILES string of the molecule is COC[C@@H](C)Oc1nc(C(O)N[C@@H](C)CO)cc(N2CCC(c3c[nH]c4nccc(OC)c34)CC2)n1. The number of aliphatic hydroxyl groups excluding tert-OH is 2. The Morgan fingerprint density at radius 2 is 2.00 bits per heavy atom. The highest BCUT2D eigenvalue weighted by atomic mass is 16.5. The molecule has 196 valence electrons. The molecule has 0 aromatic carbocycles. The number of rotatable bonds is 11. The van der Waals surface area contributed by atoms with E-state index in [1.165, 1.54) is 5.56 Å². The first kappa shape index (κ1) is 26.1. The summed E-state index contributed by atoms with van der Waals surface area (Å²) in [6.07, 6.45) is 4.30. The average Bonchev–Trinajstić information content (AvgIpc) is 3.33. The number of pyridine rings is 1. The zero-order valence-corrected chi connectivity index (χ0v) is 21.3. The number of aliphatic hydroxyl groups is 2. The molecule has 36 heavy (non-hydrogen) atoms. The third-order valence-corrected chi connectivity index (χ3v) is 6.46. The Morgan fingerprint density at radius 1 is 1.22 bits per heavy atom. The lowest BCUT2D eigenvalue weighted by atomic mass is 9.89. The molecule has 1 unspecified atom stereocenters. The minimum absolute atomic E-state index is 0.106. The number of methoxy groups -OCH3 is 2. The third kappa shape index (κ3) is 5.86. The van der Waals surface area contributed by atoms with Crippen LogP contribution in [-0.2, 0) is 4.74 Å². The molecular weight excluding hydrogens is 464 g/mol. The van der Waals surface area contributed by atoms with Crippen LogP contribution in [0.5, 0.6) is 11.8 Å². The Morgan fingerprint density at radius 3 is 2.69 bits per heavy atom. The minimum Gasteiger partial charge on any atom is -0.496 e. The summed E-state index contributed by atoms with van der Waals surface area (Å²) in [5, 5.41) is 24.0. The molecular formula is C25H36N6O5. The fraction of sp³-hybridized carbons (Fsp3) is 0.560. The molecule has 3 aromatic heterocycles. The number of hydrogen-bond acceptors (Lipinski definition) is 10. The lowest BCUT2D eigenvalue weighted by Crippen LogP contribution is -2.35. The number of nitrogens with zero attached hydrogens (tertiary/aromatic N) is 4.